The van der Waals surface area contributed by atoms with E-state index in [0.29, 0.717) is 28.0 Å². The third-order valence-corrected chi connectivity index (χ3v) is 6.96. The van der Waals surface area contributed by atoms with Gasteiger partial charge in [0.1, 0.15) is 35.2 Å². The van der Waals surface area contributed by atoms with Gasteiger partial charge in [-0.25, -0.2) is 22.2 Å². The second kappa shape index (κ2) is 7.88. The van der Waals surface area contributed by atoms with E-state index in [2.05, 4.69) is 20.3 Å². The fraction of sp³-hybridized carbons (Fsp3) is 0.200. The molecule has 4 rings (SSSR count). The van der Waals surface area contributed by atoms with Gasteiger partial charge in [-0.15, -0.1) is 0 Å². The second-order valence-corrected chi connectivity index (χ2v) is 9.20. The van der Waals surface area contributed by atoms with Gasteiger partial charge in [0.15, 0.2) is 15.7 Å². The molecule has 0 radical (unpaired) electrons. The van der Waals surface area contributed by atoms with Crippen LogP contribution in [0.4, 0.5) is 20.3 Å². The number of nitrogens with one attached hydrogen (secondary N) is 1. The number of hydrogen-bond donors (Lipinski definition) is 2. The Labute approximate surface area is 176 Å². The Hall–Kier alpha value is -3.65. The van der Waals surface area contributed by atoms with Crippen molar-refractivity contribution in [1.29, 1.82) is 5.26 Å². The molecule has 3 aromatic rings. The lowest BCUT2D eigenvalue weighted by molar-refractivity contribution is 0.489. The molecule has 1 aromatic carbocycles. The predicted molar refractivity (Wildman–Crippen MR) is 112 cm³/mol. The Morgan fingerprint density at radius 1 is 1.26 bits per heavy atom. The third-order valence-electron chi connectivity index (χ3n) is 4.94. The fourth-order valence-corrected chi connectivity index (χ4v) is 4.93. The quantitative estimate of drug-likeness (QED) is 0.634. The Balaban J connectivity index is 1.71. The van der Waals surface area contributed by atoms with Crippen molar-refractivity contribution in [3.05, 3.63) is 59.7 Å². The SMILES string of the molecule is N#Cc1cnc2c(Nc3ccc(F)c(C4CS(=O)(=O)C(CF)C(N)=N4)c3)nccc2c1. The van der Waals surface area contributed by atoms with E-state index in [1.807, 2.05) is 6.07 Å². The summed E-state index contributed by atoms with van der Waals surface area (Å²) in [4.78, 5) is 12.5. The molecule has 2 atom stereocenters. The topological polar surface area (TPSA) is 134 Å². The van der Waals surface area contributed by atoms with Crippen LogP contribution >= 0.6 is 0 Å². The number of fused-ring (bicyclic) bond motifs is 1. The smallest absolute Gasteiger partial charge is 0.165 e. The molecule has 3 heterocycles. The minimum Gasteiger partial charge on any atom is -0.386 e. The second-order valence-electron chi connectivity index (χ2n) is 6.97. The number of pyridine rings is 2. The first kappa shape index (κ1) is 20.6. The summed E-state index contributed by atoms with van der Waals surface area (Å²) >= 11 is 0. The lowest BCUT2D eigenvalue weighted by Gasteiger charge is -2.25. The Morgan fingerprint density at radius 2 is 2.06 bits per heavy atom. The predicted octanol–water partition coefficient (Wildman–Crippen LogP) is 2.55. The molecule has 0 bridgehead atoms. The van der Waals surface area contributed by atoms with Crippen LogP contribution in [0.5, 0.6) is 0 Å². The lowest BCUT2D eigenvalue weighted by Crippen LogP contribution is -2.44. The van der Waals surface area contributed by atoms with Crippen LogP contribution < -0.4 is 11.1 Å². The monoisotopic (exact) mass is 442 g/mol. The highest BCUT2D eigenvalue weighted by Crippen LogP contribution is 2.31. The molecule has 2 aromatic heterocycles. The zero-order valence-corrected chi connectivity index (χ0v) is 16.8. The third kappa shape index (κ3) is 3.89. The molecule has 158 valence electrons. The molecule has 1 aliphatic heterocycles. The Kier molecular flexibility index (Phi) is 5.24. The number of anilines is 2. The number of hydrogen-bond acceptors (Lipinski definition) is 8. The molecule has 0 saturated carbocycles. The molecule has 3 N–H and O–H groups in total. The van der Waals surface area contributed by atoms with Crippen LogP contribution in [0, 0.1) is 17.1 Å². The van der Waals surface area contributed by atoms with Crippen molar-refractivity contribution in [2.45, 2.75) is 11.3 Å². The van der Waals surface area contributed by atoms with Crippen molar-refractivity contribution in [3.8, 4) is 6.07 Å². The molecule has 8 nitrogen and oxygen atoms in total. The molecule has 0 spiro atoms. The number of benzene rings is 1. The summed E-state index contributed by atoms with van der Waals surface area (Å²) < 4.78 is 52.2. The van der Waals surface area contributed by atoms with Crippen LogP contribution in [-0.4, -0.2) is 41.9 Å². The normalized spacial score (nSPS) is 20.1. The largest absolute Gasteiger partial charge is 0.386 e. The van der Waals surface area contributed by atoms with Crippen molar-refractivity contribution >= 4 is 38.1 Å². The Bertz CT molecular complexity index is 1350. The van der Waals surface area contributed by atoms with E-state index in [1.54, 1.807) is 12.1 Å². The summed E-state index contributed by atoms with van der Waals surface area (Å²) in [6.45, 7) is -1.18. The van der Waals surface area contributed by atoms with Crippen molar-refractivity contribution in [1.82, 2.24) is 9.97 Å². The minimum absolute atomic E-state index is 0.00814. The summed E-state index contributed by atoms with van der Waals surface area (Å²) in [5.41, 5.74) is 6.97. The highest BCUT2D eigenvalue weighted by atomic mass is 32.2. The van der Waals surface area contributed by atoms with Gasteiger partial charge in [0.05, 0.1) is 17.4 Å². The van der Waals surface area contributed by atoms with Gasteiger partial charge in [-0.3, -0.25) is 9.98 Å². The highest BCUT2D eigenvalue weighted by Gasteiger charge is 2.37. The van der Waals surface area contributed by atoms with Gasteiger partial charge in [-0.1, -0.05) is 0 Å². The van der Waals surface area contributed by atoms with E-state index < -0.39 is 39.4 Å². The molecule has 11 heteroatoms. The molecular weight excluding hydrogens is 426 g/mol. The number of rotatable bonds is 4. The standard InChI is InChI=1S/C20H16F2N6O2S/c21-7-17-19(24)28-16(10-31(17,29)30)14-6-13(1-2-15(14)22)27-20-18-12(3-4-25-20)5-11(8-23)9-26-18/h1-6,9,16-17H,7,10H2,(H2,24,28)(H,25,27). The molecule has 0 saturated heterocycles. The maximum absolute atomic E-state index is 14.5. The number of halogens is 2. The maximum atomic E-state index is 14.5. The van der Waals surface area contributed by atoms with Crippen LogP contribution in [0.1, 0.15) is 17.2 Å². The molecular formula is C20H16F2N6O2S. The van der Waals surface area contributed by atoms with E-state index in [1.165, 1.54) is 30.6 Å². The van der Waals surface area contributed by atoms with Gasteiger partial charge < -0.3 is 11.1 Å². The van der Waals surface area contributed by atoms with Crippen LogP contribution in [-0.2, 0) is 9.84 Å². The first-order valence-corrected chi connectivity index (χ1v) is 10.9. The highest BCUT2D eigenvalue weighted by molar-refractivity contribution is 7.92. The van der Waals surface area contributed by atoms with Crippen molar-refractivity contribution in [3.63, 3.8) is 0 Å². The molecule has 2 unspecified atom stereocenters. The maximum Gasteiger partial charge on any atom is 0.165 e. The van der Waals surface area contributed by atoms with E-state index in [-0.39, 0.29) is 11.4 Å². The van der Waals surface area contributed by atoms with E-state index in [4.69, 9.17) is 11.0 Å². The summed E-state index contributed by atoms with van der Waals surface area (Å²) in [6.07, 6.45) is 2.95. The number of sulfone groups is 1. The van der Waals surface area contributed by atoms with Gasteiger partial charge in [0.25, 0.3) is 0 Å². The lowest BCUT2D eigenvalue weighted by atomic mass is 10.1. The molecule has 0 aliphatic carbocycles. The van der Waals surface area contributed by atoms with Gasteiger partial charge in [-0.05, 0) is 30.3 Å². The number of amidine groups is 1. The first-order chi connectivity index (χ1) is 14.8. The van der Waals surface area contributed by atoms with Crippen molar-refractivity contribution in [2.24, 2.45) is 10.7 Å². The number of nitriles is 1. The van der Waals surface area contributed by atoms with Crippen LogP contribution in [0.15, 0.2) is 47.7 Å². The fourth-order valence-electron chi connectivity index (χ4n) is 3.38. The molecule has 0 fully saturated rings. The molecule has 0 amide bonds. The minimum atomic E-state index is -3.91. The van der Waals surface area contributed by atoms with E-state index >= 15 is 0 Å². The van der Waals surface area contributed by atoms with Gasteiger partial charge in [0.2, 0.25) is 0 Å². The number of nitrogens with two attached hydrogens (primary N) is 1. The van der Waals surface area contributed by atoms with E-state index in [0.717, 1.165) is 0 Å². The number of alkyl halides is 1. The van der Waals surface area contributed by atoms with Crippen molar-refractivity contribution < 1.29 is 17.2 Å². The summed E-state index contributed by atoms with van der Waals surface area (Å²) in [5.74, 6) is -1.21. The summed E-state index contributed by atoms with van der Waals surface area (Å²) in [7, 11) is -3.91. The van der Waals surface area contributed by atoms with Gasteiger partial charge in [-0.2, -0.15) is 5.26 Å². The average Bonchev–Trinajstić information content (AvgIpc) is 2.74. The van der Waals surface area contributed by atoms with Gasteiger partial charge in [0, 0.05) is 29.0 Å². The van der Waals surface area contributed by atoms with Gasteiger partial charge >= 0.3 is 0 Å². The summed E-state index contributed by atoms with van der Waals surface area (Å²) in [6, 6.07) is 8.33. The van der Waals surface area contributed by atoms with Crippen LogP contribution in [0.25, 0.3) is 10.9 Å². The summed E-state index contributed by atoms with van der Waals surface area (Å²) in [5, 5.41) is 11.2. The molecule has 1 aliphatic rings. The average molecular weight is 442 g/mol. The van der Waals surface area contributed by atoms with E-state index in [9.17, 15) is 17.2 Å². The zero-order chi connectivity index (χ0) is 22.2. The number of aliphatic imine (C=N–C) groups is 1. The number of nitrogens with zero attached hydrogens (tertiary/aromatic N) is 4. The van der Waals surface area contributed by atoms with Crippen LogP contribution in [0.3, 0.4) is 0 Å². The van der Waals surface area contributed by atoms with Crippen LogP contribution in [0.2, 0.25) is 0 Å². The molecule has 31 heavy (non-hydrogen) atoms. The Morgan fingerprint density at radius 3 is 2.77 bits per heavy atom. The zero-order valence-electron chi connectivity index (χ0n) is 16.0. The number of aromatic nitrogens is 2. The van der Waals surface area contributed by atoms with Crippen molar-refractivity contribution in [2.75, 3.05) is 17.7 Å². The first-order valence-electron chi connectivity index (χ1n) is 9.14.